The Morgan fingerprint density at radius 3 is 1.21 bits per heavy atom. The fraction of sp³-hybridized carbons (Fsp3) is 0.917. The molecule has 0 bridgehead atoms. The summed E-state index contributed by atoms with van der Waals surface area (Å²) in [4.78, 5) is 23.9. The summed E-state index contributed by atoms with van der Waals surface area (Å²) in [6.07, 6.45) is 0.150. The summed E-state index contributed by atoms with van der Waals surface area (Å²) in [5, 5.41) is 5.37. The predicted octanol–water partition coefficient (Wildman–Crippen LogP) is -0.100. The highest BCUT2D eigenvalue weighted by molar-refractivity contribution is 7.82. The van der Waals surface area contributed by atoms with Crippen LogP contribution in [-0.2, 0) is 47.5 Å². The summed E-state index contributed by atoms with van der Waals surface area (Å²) in [5.74, 6) is 0.615. The molecule has 0 radical (unpaired) electrons. The second-order valence-electron chi connectivity index (χ2n) is 8.11. The van der Waals surface area contributed by atoms with Gasteiger partial charge in [0.15, 0.2) is 0 Å². The first kappa shape index (κ1) is 38.7. The van der Waals surface area contributed by atoms with Gasteiger partial charge in [-0.05, 0) is 0 Å². The molecule has 0 saturated heterocycles. The lowest BCUT2D eigenvalue weighted by molar-refractivity contribution is -0.127. The summed E-state index contributed by atoms with van der Waals surface area (Å²) >= 11 is 12.7. The Bertz CT molecular complexity index is 570. The molecule has 0 aliphatic carbocycles. The quantitative estimate of drug-likeness (QED) is 0.0548. The topological polar surface area (TPSA) is 132 Å². The van der Waals surface area contributed by atoms with E-state index in [1.165, 1.54) is 0 Å². The number of thiol groups is 3. The Kier molecular flexibility index (Phi) is 28.9. The molecule has 0 rings (SSSR count). The molecule has 0 saturated carbocycles. The van der Waals surface area contributed by atoms with Crippen LogP contribution in [0, 0.1) is 0 Å². The van der Waals surface area contributed by atoms with Gasteiger partial charge >= 0.3 is 0 Å². The van der Waals surface area contributed by atoms with E-state index in [1.807, 2.05) is 0 Å². The SMILES string of the molecule is COCCOCCOCCOCCOCCOCCOCCOCCC(=O)NCC(=O)NC(CS)(CS)CS. The Morgan fingerprint density at radius 2 is 0.872 bits per heavy atom. The van der Waals surface area contributed by atoms with Crippen molar-refractivity contribution in [2.45, 2.75) is 12.0 Å². The van der Waals surface area contributed by atoms with Crippen LogP contribution in [0.1, 0.15) is 6.42 Å². The van der Waals surface area contributed by atoms with Gasteiger partial charge in [0.05, 0.1) is 111 Å². The number of methoxy groups -OCH3 is 1. The molecule has 0 aromatic carbocycles. The number of amides is 2. The Balaban J connectivity index is 3.33. The molecule has 0 unspecified atom stereocenters. The van der Waals surface area contributed by atoms with E-state index in [4.69, 9.17) is 37.9 Å². The van der Waals surface area contributed by atoms with E-state index in [2.05, 4.69) is 48.5 Å². The molecule has 2 N–H and O–H groups in total. The molecule has 0 spiro atoms. The number of rotatable bonds is 30. The van der Waals surface area contributed by atoms with Gasteiger partial charge in [-0.25, -0.2) is 0 Å². The standard InChI is InChI=1S/C24H48N2O10S3/c1-29-4-5-31-8-9-33-12-13-35-16-17-36-15-14-34-11-10-32-7-6-30-3-2-22(27)25-18-23(28)26-24(19-37,20-38)21-39/h37-39H,2-21H2,1H3,(H,25,27)(H,26,28). The minimum atomic E-state index is -0.605. The van der Waals surface area contributed by atoms with Crippen molar-refractivity contribution < 1.29 is 47.5 Å². The molecular formula is C24H48N2O10S3. The molecule has 0 aliphatic rings. The molecule has 232 valence electrons. The van der Waals surface area contributed by atoms with E-state index in [1.54, 1.807) is 7.11 Å². The maximum atomic E-state index is 12.0. The van der Waals surface area contributed by atoms with Crippen molar-refractivity contribution in [1.29, 1.82) is 0 Å². The number of carbonyl (C=O) groups is 2. The molecule has 12 nitrogen and oxygen atoms in total. The Morgan fingerprint density at radius 1 is 0.538 bits per heavy atom. The zero-order valence-electron chi connectivity index (χ0n) is 23.1. The number of hydrogen-bond donors (Lipinski definition) is 5. The second kappa shape index (κ2) is 29.2. The lowest BCUT2D eigenvalue weighted by Crippen LogP contribution is -2.55. The van der Waals surface area contributed by atoms with E-state index in [0.29, 0.717) is 110 Å². The highest BCUT2D eigenvalue weighted by Gasteiger charge is 2.27. The highest BCUT2D eigenvalue weighted by Crippen LogP contribution is 2.11. The first-order valence-electron chi connectivity index (χ1n) is 13.0. The van der Waals surface area contributed by atoms with Gasteiger partial charge in [0, 0.05) is 30.8 Å². The lowest BCUT2D eigenvalue weighted by Gasteiger charge is -2.30. The monoisotopic (exact) mass is 620 g/mol. The van der Waals surface area contributed by atoms with Gasteiger partial charge in [-0.3, -0.25) is 9.59 Å². The first-order chi connectivity index (χ1) is 19.0. The molecule has 0 aromatic rings. The van der Waals surface area contributed by atoms with Gasteiger partial charge in [-0.1, -0.05) is 0 Å². The van der Waals surface area contributed by atoms with Crippen molar-refractivity contribution in [1.82, 2.24) is 10.6 Å². The summed E-state index contributed by atoms with van der Waals surface area (Å²) in [6, 6.07) is 0. The van der Waals surface area contributed by atoms with Crippen LogP contribution < -0.4 is 10.6 Å². The number of nitrogens with one attached hydrogen (secondary N) is 2. The minimum absolute atomic E-state index is 0.125. The van der Waals surface area contributed by atoms with Crippen LogP contribution in [0.2, 0.25) is 0 Å². The third-order valence-corrected chi connectivity index (χ3v) is 6.71. The van der Waals surface area contributed by atoms with E-state index in [0.717, 1.165) is 0 Å². The molecule has 0 aliphatic heterocycles. The molecule has 2 amide bonds. The fourth-order valence-electron chi connectivity index (χ4n) is 2.60. The maximum Gasteiger partial charge on any atom is 0.239 e. The fourth-order valence-corrected chi connectivity index (χ4v) is 4.04. The molecule has 0 heterocycles. The van der Waals surface area contributed by atoms with Gasteiger partial charge in [0.1, 0.15) is 0 Å². The molecule has 0 fully saturated rings. The summed E-state index contributed by atoms with van der Waals surface area (Å²) in [7, 11) is 1.64. The molecule has 39 heavy (non-hydrogen) atoms. The van der Waals surface area contributed by atoms with E-state index >= 15 is 0 Å². The van der Waals surface area contributed by atoms with Gasteiger partial charge in [0.25, 0.3) is 0 Å². The van der Waals surface area contributed by atoms with Crippen molar-refractivity contribution in [3.63, 3.8) is 0 Å². The smallest absolute Gasteiger partial charge is 0.239 e. The molecule has 0 atom stereocenters. The molecule has 0 aromatic heterocycles. The average molecular weight is 621 g/mol. The van der Waals surface area contributed by atoms with Crippen LogP contribution in [0.3, 0.4) is 0 Å². The van der Waals surface area contributed by atoms with Gasteiger partial charge in [-0.15, -0.1) is 0 Å². The number of hydrogen-bond acceptors (Lipinski definition) is 13. The average Bonchev–Trinajstić information content (AvgIpc) is 2.95. The van der Waals surface area contributed by atoms with Gasteiger partial charge < -0.3 is 48.5 Å². The highest BCUT2D eigenvalue weighted by atomic mass is 32.1. The third kappa shape index (κ3) is 25.1. The van der Waals surface area contributed by atoms with Crippen molar-refractivity contribution in [2.24, 2.45) is 0 Å². The molecule has 15 heteroatoms. The van der Waals surface area contributed by atoms with Crippen LogP contribution in [-0.4, -0.2) is 147 Å². The van der Waals surface area contributed by atoms with Crippen LogP contribution in [0.4, 0.5) is 0 Å². The largest absolute Gasteiger partial charge is 0.382 e. The molecular weight excluding hydrogens is 572 g/mol. The zero-order valence-corrected chi connectivity index (χ0v) is 25.7. The minimum Gasteiger partial charge on any atom is -0.382 e. The summed E-state index contributed by atoms with van der Waals surface area (Å²) < 4.78 is 42.6. The Labute approximate surface area is 249 Å². The van der Waals surface area contributed by atoms with Crippen LogP contribution in [0.15, 0.2) is 0 Å². The summed E-state index contributed by atoms with van der Waals surface area (Å²) in [5.41, 5.74) is -0.605. The Hall–Kier alpha value is -0.330. The van der Waals surface area contributed by atoms with Crippen molar-refractivity contribution in [2.75, 3.05) is 130 Å². The predicted molar refractivity (Wildman–Crippen MR) is 158 cm³/mol. The van der Waals surface area contributed by atoms with Gasteiger partial charge in [0.2, 0.25) is 11.8 Å². The van der Waals surface area contributed by atoms with Crippen LogP contribution in [0.5, 0.6) is 0 Å². The zero-order chi connectivity index (χ0) is 28.9. The lowest BCUT2D eigenvalue weighted by atomic mass is 10.1. The van der Waals surface area contributed by atoms with Crippen molar-refractivity contribution >= 4 is 49.7 Å². The van der Waals surface area contributed by atoms with E-state index in [-0.39, 0.29) is 31.4 Å². The normalized spacial score (nSPS) is 11.6. The van der Waals surface area contributed by atoms with Crippen molar-refractivity contribution in [3.8, 4) is 0 Å². The van der Waals surface area contributed by atoms with Crippen LogP contribution in [0.25, 0.3) is 0 Å². The first-order valence-corrected chi connectivity index (χ1v) is 14.9. The number of carbonyl (C=O) groups excluding carboxylic acids is 2. The van der Waals surface area contributed by atoms with Crippen molar-refractivity contribution in [3.05, 3.63) is 0 Å². The second-order valence-corrected chi connectivity index (χ2v) is 9.06. The number of ether oxygens (including phenoxy) is 8. The van der Waals surface area contributed by atoms with Crippen LogP contribution >= 0.6 is 37.9 Å². The van der Waals surface area contributed by atoms with E-state index in [9.17, 15) is 9.59 Å². The van der Waals surface area contributed by atoms with Gasteiger partial charge in [-0.2, -0.15) is 37.9 Å². The third-order valence-electron chi connectivity index (χ3n) is 4.90. The maximum absolute atomic E-state index is 12.0. The van der Waals surface area contributed by atoms with E-state index < -0.39 is 5.54 Å². The summed E-state index contributed by atoms with van der Waals surface area (Å²) in [6.45, 7) is 6.95.